The summed E-state index contributed by atoms with van der Waals surface area (Å²) >= 11 is 0. The molecule has 0 radical (unpaired) electrons. The normalized spacial score (nSPS) is 23.7. The Morgan fingerprint density at radius 2 is 2.11 bits per heavy atom. The lowest BCUT2D eigenvalue weighted by Crippen LogP contribution is -2.32. The minimum atomic E-state index is 0.346. The molecule has 2 rings (SSSR count). The second-order valence-electron chi connectivity index (χ2n) is 5.71. The van der Waals surface area contributed by atoms with Crippen molar-refractivity contribution in [1.82, 2.24) is 15.1 Å². The van der Waals surface area contributed by atoms with Crippen LogP contribution in [-0.4, -0.2) is 28.0 Å². The van der Waals surface area contributed by atoms with E-state index in [1.807, 2.05) is 6.92 Å². The van der Waals surface area contributed by atoms with Crippen LogP contribution in [0.25, 0.3) is 0 Å². The Hall–Kier alpha value is -0.870. The molecule has 1 aromatic rings. The highest BCUT2D eigenvalue weighted by Gasteiger charge is 2.23. The van der Waals surface area contributed by atoms with E-state index in [0.29, 0.717) is 18.4 Å². The van der Waals surface area contributed by atoms with Crippen molar-refractivity contribution >= 4 is 0 Å². The summed E-state index contributed by atoms with van der Waals surface area (Å²) in [6.07, 6.45) is 5.04. The van der Waals surface area contributed by atoms with Gasteiger partial charge in [0.2, 0.25) is 0 Å². The van der Waals surface area contributed by atoms with Crippen LogP contribution >= 0.6 is 0 Å². The summed E-state index contributed by atoms with van der Waals surface area (Å²) in [5.41, 5.74) is 2.35. The number of rotatable bonds is 6. The van der Waals surface area contributed by atoms with Gasteiger partial charge in [0.1, 0.15) is 0 Å². The molecule has 2 unspecified atom stereocenters. The summed E-state index contributed by atoms with van der Waals surface area (Å²) in [7, 11) is 0. The van der Waals surface area contributed by atoms with E-state index in [2.05, 4.69) is 28.1 Å². The molecule has 1 heterocycles. The molecular formula is C15H27N3O. The first-order chi connectivity index (χ1) is 9.24. The smallest absolute Gasteiger partial charge is 0.0597 e. The van der Waals surface area contributed by atoms with Crippen molar-refractivity contribution in [3.8, 4) is 0 Å². The molecule has 1 aliphatic rings. The molecule has 19 heavy (non-hydrogen) atoms. The number of hydrogen-bond acceptors (Lipinski definition) is 3. The molecule has 1 saturated carbocycles. The average Bonchev–Trinajstić information content (AvgIpc) is 2.79. The molecule has 0 saturated heterocycles. The van der Waals surface area contributed by atoms with E-state index in [-0.39, 0.29) is 0 Å². The van der Waals surface area contributed by atoms with Gasteiger partial charge in [-0.3, -0.25) is 4.68 Å². The van der Waals surface area contributed by atoms with Crippen molar-refractivity contribution in [1.29, 1.82) is 0 Å². The summed E-state index contributed by atoms with van der Waals surface area (Å²) in [4.78, 5) is 0. The van der Waals surface area contributed by atoms with Crippen LogP contribution in [0.15, 0.2) is 6.07 Å². The number of nitrogens with one attached hydrogen (secondary N) is 1. The lowest BCUT2D eigenvalue weighted by molar-refractivity contribution is 0.133. The summed E-state index contributed by atoms with van der Waals surface area (Å²) in [5, 5.41) is 17.4. The fourth-order valence-electron chi connectivity index (χ4n) is 3.19. The van der Waals surface area contributed by atoms with E-state index >= 15 is 0 Å². The van der Waals surface area contributed by atoms with Crippen molar-refractivity contribution in [2.75, 3.05) is 13.2 Å². The van der Waals surface area contributed by atoms with Crippen LogP contribution < -0.4 is 5.32 Å². The fourth-order valence-corrected chi connectivity index (χ4v) is 3.19. The van der Waals surface area contributed by atoms with Crippen LogP contribution in [0.1, 0.15) is 44.0 Å². The first kappa shape index (κ1) is 14.5. The van der Waals surface area contributed by atoms with Crippen LogP contribution in [0.2, 0.25) is 0 Å². The zero-order chi connectivity index (χ0) is 13.7. The maximum absolute atomic E-state index is 9.42. The van der Waals surface area contributed by atoms with Crippen molar-refractivity contribution in [2.45, 2.75) is 52.6 Å². The summed E-state index contributed by atoms with van der Waals surface area (Å²) in [6, 6.07) is 2.15. The first-order valence-electron chi connectivity index (χ1n) is 7.59. The van der Waals surface area contributed by atoms with Gasteiger partial charge in [0.05, 0.1) is 11.4 Å². The standard InChI is InChI=1S/C15H27N3O/c1-3-18-15(8-12(2)17-18)10-16-9-13-6-4-5-7-14(13)11-19/h8,13-14,16,19H,3-7,9-11H2,1-2H3. The van der Waals surface area contributed by atoms with Crippen LogP contribution in [0.3, 0.4) is 0 Å². The topological polar surface area (TPSA) is 50.1 Å². The average molecular weight is 265 g/mol. The van der Waals surface area contributed by atoms with E-state index in [1.165, 1.54) is 31.4 Å². The third-order valence-electron chi connectivity index (χ3n) is 4.30. The van der Waals surface area contributed by atoms with Crippen molar-refractivity contribution in [3.05, 3.63) is 17.5 Å². The van der Waals surface area contributed by atoms with Gasteiger partial charge in [-0.2, -0.15) is 5.10 Å². The van der Waals surface area contributed by atoms with Gasteiger partial charge in [-0.1, -0.05) is 12.8 Å². The number of aliphatic hydroxyl groups is 1. The fraction of sp³-hybridized carbons (Fsp3) is 0.800. The lowest BCUT2D eigenvalue weighted by Gasteiger charge is -2.30. The molecular weight excluding hydrogens is 238 g/mol. The lowest BCUT2D eigenvalue weighted by atomic mass is 9.79. The molecule has 2 N–H and O–H groups in total. The third-order valence-corrected chi connectivity index (χ3v) is 4.30. The van der Waals surface area contributed by atoms with Crippen molar-refractivity contribution < 1.29 is 5.11 Å². The second-order valence-corrected chi connectivity index (χ2v) is 5.71. The van der Waals surface area contributed by atoms with Gasteiger partial charge in [0.15, 0.2) is 0 Å². The van der Waals surface area contributed by atoms with Crippen LogP contribution in [0, 0.1) is 18.8 Å². The SMILES string of the molecule is CCn1nc(C)cc1CNCC1CCCCC1CO. The summed E-state index contributed by atoms with van der Waals surface area (Å²) < 4.78 is 2.06. The molecule has 0 amide bonds. The molecule has 1 aliphatic carbocycles. The number of aryl methyl sites for hydroxylation is 2. The largest absolute Gasteiger partial charge is 0.396 e. The minimum Gasteiger partial charge on any atom is -0.396 e. The number of nitrogens with zero attached hydrogens (tertiary/aromatic N) is 2. The van der Waals surface area contributed by atoms with Gasteiger partial charge in [-0.05, 0) is 51.1 Å². The quantitative estimate of drug-likeness (QED) is 0.828. The Bertz CT molecular complexity index is 389. The highest BCUT2D eigenvalue weighted by Crippen LogP contribution is 2.29. The highest BCUT2D eigenvalue weighted by molar-refractivity contribution is 5.08. The monoisotopic (exact) mass is 265 g/mol. The Kier molecular flexibility index (Phi) is 5.40. The van der Waals surface area contributed by atoms with E-state index < -0.39 is 0 Å². The van der Waals surface area contributed by atoms with Gasteiger partial charge in [-0.15, -0.1) is 0 Å². The van der Waals surface area contributed by atoms with Crippen LogP contribution in [-0.2, 0) is 13.1 Å². The van der Waals surface area contributed by atoms with Gasteiger partial charge in [0.25, 0.3) is 0 Å². The maximum Gasteiger partial charge on any atom is 0.0597 e. The molecule has 2 atom stereocenters. The Morgan fingerprint density at radius 3 is 2.79 bits per heavy atom. The predicted molar refractivity (Wildman–Crippen MR) is 76.9 cm³/mol. The molecule has 4 nitrogen and oxygen atoms in total. The molecule has 108 valence electrons. The van der Waals surface area contributed by atoms with E-state index in [4.69, 9.17) is 0 Å². The molecule has 4 heteroatoms. The van der Waals surface area contributed by atoms with E-state index in [9.17, 15) is 5.11 Å². The van der Waals surface area contributed by atoms with E-state index in [0.717, 1.165) is 25.3 Å². The van der Waals surface area contributed by atoms with Gasteiger partial charge < -0.3 is 10.4 Å². The van der Waals surface area contributed by atoms with Gasteiger partial charge in [0, 0.05) is 19.7 Å². The van der Waals surface area contributed by atoms with Crippen molar-refractivity contribution in [3.63, 3.8) is 0 Å². The predicted octanol–water partition coefficient (Wildman–Crippen LogP) is 2.10. The van der Waals surface area contributed by atoms with Gasteiger partial charge >= 0.3 is 0 Å². The first-order valence-corrected chi connectivity index (χ1v) is 7.59. The van der Waals surface area contributed by atoms with Crippen LogP contribution in [0.5, 0.6) is 0 Å². The second kappa shape index (κ2) is 7.06. The Balaban J connectivity index is 1.82. The molecule has 0 aliphatic heterocycles. The van der Waals surface area contributed by atoms with E-state index in [1.54, 1.807) is 0 Å². The number of aliphatic hydroxyl groups excluding tert-OH is 1. The molecule has 0 bridgehead atoms. The van der Waals surface area contributed by atoms with Gasteiger partial charge in [-0.25, -0.2) is 0 Å². The van der Waals surface area contributed by atoms with Crippen LogP contribution in [0.4, 0.5) is 0 Å². The third kappa shape index (κ3) is 3.80. The maximum atomic E-state index is 9.42. The zero-order valence-electron chi connectivity index (χ0n) is 12.2. The highest BCUT2D eigenvalue weighted by atomic mass is 16.3. The molecule has 1 aromatic heterocycles. The minimum absolute atomic E-state index is 0.346. The summed E-state index contributed by atoms with van der Waals surface area (Å²) in [6.45, 7) is 7.33. The molecule has 1 fully saturated rings. The Morgan fingerprint density at radius 1 is 1.37 bits per heavy atom. The molecule has 0 aromatic carbocycles. The number of hydrogen-bond donors (Lipinski definition) is 2. The van der Waals surface area contributed by atoms with Crippen molar-refractivity contribution in [2.24, 2.45) is 11.8 Å². The zero-order valence-corrected chi connectivity index (χ0v) is 12.2. The number of aromatic nitrogens is 2. The Labute approximate surface area is 116 Å². The molecule has 0 spiro atoms. The summed E-state index contributed by atoms with van der Waals surface area (Å²) in [5.74, 6) is 1.14.